The second-order valence-corrected chi connectivity index (χ2v) is 9.11. The van der Waals surface area contributed by atoms with E-state index in [0.29, 0.717) is 24.2 Å². The summed E-state index contributed by atoms with van der Waals surface area (Å²) in [7, 11) is -2.28. The number of anilines is 2. The lowest BCUT2D eigenvalue weighted by Crippen LogP contribution is -2.57. The maximum absolute atomic E-state index is 12.8. The van der Waals surface area contributed by atoms with Gasteiger partial charge in [-0.3, -0.25) is 4.31 Å². The monoisotopic (exact) mass is 380 g/mol. The molecule has 8 nitrogen and oxygen atoms in total. The van der Waals surface area contributed by atoms with E-state index in [4.69, 9.17) is 0 Å². The molecule has 3 saturated heterocycles. The van der Waals surface area contributed by atoms with Crippen LogP contribution in [0.4, 0.5) is 11.4 Å². The van der Waals surface area contributed by atoms with Gasteiger partial charge >= 0.3 is 16.2 Å². The second-order valence-electron chi connectivity index (χ2n) is 7.22. The van der Waals surface area contributed by atoms with Crippen LogP contribution in [0.15, 0.2) is 18.2 Å². The Morgan fingerprint density at radius 2 is 2.04 bits per heavy atom. The molecule has 0 radical (unpaired) electrons. The highest BCUT2D eigenvalue weighted by Crippen LogP contribution is 2.42. The molecule has 0 saturated carbocycles. The standard InChI is InChI=1S/C17H24N4O4S/c1-19-15-4-2-3-13(17(22)23)16(15)21(26(19,24)25)10-7-18-14-11-20-8-5-12(14)6-9-20/h2-4,12,14,18H,5-11H2,1H3,(H,22,23)/t14-/m1/s1. The molecular weight excluding hydrogens is 356 g/mol. The van der Waals surface area contributed by atoms with Crippen LogP contribution in [0.25, 0.3) is 0 Å². The molecule has 3 fully saturated rings. The average molecular weight is 380 g/mol. The highest BCUT2D eigenvalue weighted by Gasteiger charge is 2.41. The Kier molecular flexibility index (Phi) is 4.32. The minimum atomic E-state index is -3.74. The number of para-hydroxylation sites is 1. The number of carbonyl (C=O) groups is 1. The number of carboxylic acid groups (broad SMARTS) is 1. The third kappa shape index (κ3) is 2.74. The molecule has 0 amide bonds. The van der Waals surface area contributed by atoms with Gasteiger partial charge < -0.3 is 15.3 Å². The van der Waals surface area contributed by atoms with Crippen molar-refractivity contribution in [1.29, 1.82) is 0 Å². The van der Waals surface area contributed by atoms with Gasteiger partial charge in [0.25, 0.3) is 0 Å². The Morgan fingerprint density at radius 1 is 1.31 bits per heavy atom. The topological polar surface area (TPSA) is 93.2 Å². The van der Waals surface area contributed by atoms with Gasteiger partial charge in [-0.15, -0.1) is 0 Å². The van der Waals surface area contributed by atoms with E-state index in [1.807, 2.05) is 0 Å². The lowest BCUT2D eigenvalue weighted by atomic mass is 9.84. The molecule has 2 N–H and O–H groups in total. The molecule has 1 aromatic rings. The number of nitrogens with one attached hydrogen (secondary N) is 1. The fraction of sp³-hybridized carbons (Fsp3) is 0.588. The Morgan fingerprint density at radius 3 is 2.65 bits per heavy atom. The van der Waals surface area contributed by atoms with Gasteiger partial charge in [-0.1, -0.05) is 6.07 Å². The highest BCUT2D eigenvalue weighted by atomic mass is 32.2. The Balaban J connectivity index is 1.52. The smallest absolute Gasteiger partial charge is 0.337 e. The van der Waals surface area contributed by atoms with Crippen LogP contribution < -0.4 is 13.9 Å². The van der Waals surface area contributed by atoms with E-state index in [1.165, 1.54) is 30.3 Å². The first-order chi connectivity index (χ1) is 12.4. The van der Waals surface area contributed by atoms with Crippen molar-refractivity contribution >= 4 is 27.6 Å². The number of aromatic carboxylic acids is 1. The number of rotatable bonds is 5. The Hall–Kier alpha value is -1.84. The summed E-state index contributed by atoms with van der Waals surface area (Å²) in [5.74, 6) is -0.470. The molecule has 1 aromatic carbocycles. The number of hydrogen-bond acceptors (Lipinski definition) is 5. The summed E-state index contributed by atoms with van der Waals surface area (Å²) in [4.78, 5) is 14.0. The molecule has 142 valence electrons. The van der Waals surface area contributed by atoms with Gasteiger partial charge in [-0.25, -0.2) is 9.10 Å². The third-order valence-corrected chi connectivity index (χ3v) is 7.65. The van der Waals surface area contributed by atoms with Gasteiger partial charge in [-0.2, -0.15) is 8.42 Å². The average Bonchev–Trinajstić information content (AvgIpc) is 2.83. The fourth-order valence-corrected chi connectivity index (χ4v) is 5.82. The normalized spacial score (nSPS) is 29.0. The predicted molar refractivity (Wildman–Crippen MR) is 99.0 cm³/mol. The summed E-state index contributed by atoms with van der Waals surface area (Å²) >= 11 is 0. The first-order valence-electron chi connectivity index (χ1n) is 8.98. The van der Waals surface area contributed by atoms with Gasteiger partial charge in [-0.05, 0) is 44.0 Å². The van der Waals surface area contributed by atoms with Crippen molar-refractivity contribution in [2.24, 2.45) is 5.92 Å². The molecule has 0 aromatic heterocycles. The van der Waals surface area contributed by atoms with Crippen molar-refractivity contribution in [3.63, 3.8) is 0 Å². The first-order valence-corrected chi connectivity index (χ1v) is 10.4. The van der Waals surface area contributed by atoms with Gasteiger partial charge in [0.2, 0.25) is 0 Å². The zero-order chi connectivity index (χ0) is 18.5. The predicted octanol–water partition coefficient (Wildman–Crippen LogP) is 0.570. The molecule has 0 aliphatic carbocycles. The zero-order valence-electron chi connectivity index (χ0n) is 14.8. The van der Waals surface area contributed by atoms with Crippen LogP contribution in [0.2, 0.25) is 0 Å². The van der Waals surface area contributed by atoms with Crippen LogP contribution in [0.5, 0.6) is 0 Å². The van der Waals surface area contributed by atoms with E-state index in [9.17, 15) is 18.3 Å². The van der Waals surface area contributed by atoms with E-state index < -0.39 is 16.2 Å². The van der Waals surface area contributed by atoms with Crippen LogP contribution >= 0.6 is 0 Å². The largest absolute Gasteiger partial charge is 0.478 e. The van der Waals surface area contributed by atoms with Crippen LogP contribution in [0, 0.1) is 5.92 Å². The summed E-state index contributed by atoms with van der Waals surface area (Å²) in [5.41, 5.74) is 0.684. The zero-order valence-corrected chi connectivity index (χ0v) is 15.6. The number of hydrogen-bond donors (Lipinski definition) is 2. The number of piperidine rings is 3. The van der Waals surface area contributed by atoms with Crippen molar-refractivity contribution in [1.82, 2.24) is 10.2 Å². The van der Waals surface area contributed by atoms with Crippen molar-refractivity contribution in [2.75, 3.05) is 48.4 Å². The molecule has 2 bridgehead atoms. The third-order valence-electron chi connectivity index (χ3n) is 5.84. The van der Waals surface area contributed by atoms with Crippen LogP contribution in [-0.2, 0) is 10.2 Å². The molecule has 4 aliphatic heterocycles. The minimum Gasteiger partial charge on any atom is -0.478 e. The molecule has 4 heterocycles. The molecular formula is C17H24N4O4S. The lowest BCUT2D eigenvalue weighted by molar-refractivity contribution is 0.0697. The molecule has 4 aliphatic rings. The maximum atomic E-state index is 12.8. The quantitative estimate of drug-likeness (QED) is 0.776. The van der Waals surface area contributed by atoms with Crippen molar-refractivity contribution in [2.45, 2.75) is 18.9 Å². The van der Waals surface area contributed by atoms with Gasteiger partial charge in [0.1, 0.15) is 0 Å². The SMILES string of the molecule is CN1c2cccc(C(=O)O)c2N(CCN[C@@H]2CN3CCC2CC3)S1(=O)=O. The molecule has 0 spiro atoms. The summed E-state index contributed by atoms with van der Waals surface area (Å²) in [6.07, 6.45) is 2.38. The van der Waals surface area contributed by atoms with E-state index in [-0.39, 0.29) is 17.8 Å². The van der Waals surface area contributed by atoms with Gasteiger partial charge in [0, 0.05) is 32.7 Å². The van der Waals surface area contributed by atoms with E-state index >= 15 is 0 Å². The van der Waals surface area contributed by atoms with E-state index in [2.05, 4.69) is 10.2 Å². The molecule has 5 rings (SSSR count). The van der Waals surface area contributed by atoms with Crippen molar-refractivity contribution in [3.8, 4) is 0 Å². The highest BCUT2D eigenvalue weighted by molar-refractivity contribution is 7.94. The molecule has 0 unspecified atom stereocenters. The Bertz CT molecular complexity index is 820. The summed E-state index contributed by atoms with van der Waals surface area (Å²) in [6.45, 7) is 4.03. The minimum absolute atomic E-state index is 0.0123. The maximum Gasteiger partial charge on any atom is 0.337 e. The lowest BCUT2D eigenvalue weighted by Gasteiger charge is -2.45. The number of nitrogens with zero attached hydrogens (tertiary/aromatic N) is 3. The Labute approximate surface area is 153 Å². The summed E-state index contributed by atoms with van der Waals surface area (Å²) in [5, 5.41) is 13.0. The molecule has 1 atom stereocenters. The van der Waals surface area contributed by atoms with Gasteiger partial charge in [0.05, 0.1) is 16.9 Å². The molecule has 9 heteroatoms. The molecule has 26 heavy (non-hydrogen) atoms. The van der Waals surface area contributed by atoms with Gasteiger partial charge in [0.15, 0.2) is 0 Å². The van der Waals surface area contributed by atoms with Crippen LogP contribution in [-0.4, -0.2) is 70.2 Å². The van der Waals surface area contributed by atoms with E-state index in [1.54, 1.807) is 12.1 Å². The number of carboxylic acids is 1. The van der Waals surface area contributed by atoms with E-state index in [0.717, 1.165) is 23.9 Å². The number of benzene rings is 1. The van der Waals surface area contributed by atoms with Crippen LogP contribution in [0.3, 0.4) is 0 Å². The fourth-order valence-electron chi connectivity index (χ4n) is 4.38. The number of fused-ring (bicyclic) bond motifs is 4. The van der Waals surface area contributed by atoms with Crippen molar-refractivity contribution < 1.29 is 18.3 Å². The first kappa shape index (κ1) is 17.6. The van der Waals surface area contributed by atoms with Crippen LogP contribution in [0.1, 0.15) is 23.2 Å². The summed E-state index contributed by atoms with van der Waals surface area (Å²) in [6, 6.07) is 5.04. The summed E-state index contributed by atoms with van der Waals surface area (Å²) < 4.78 is 27.9. The second kappa shape index (κ2) is 6.40. The van der Waals surface area contributed by atoms with Crippen molar-refractivity contribution in [3.05, 3.63) is 23.8 Å².